The summed E-state index contributed by atoms with van der Waals surface area (Å²) in [6.45, 7) is 4.78. The third-order valence-corrected chi connectivity index (χ3v) is 14.9. The minimum atomic E-state index is -0.402. The van der Waals surface area contributed by atoms with E-state index in [1.807, 2.05) is 63.8 Å². The van der Waals surface area contributed by atoms with Gasteiger partial charge < -0.3 is 39.1 Å². The maximum absolute atomic E-state index is 13.9. The number of hydrogen-bond acceptors (Lipinski definition) is 5. The van der Waals surface area contributed by atoms with Crippen LogP contribution in [0.15, 0.2) is 152 Å². The Morgan fingerprint density at radius 1 is 0.564 bits per heavy atom. The van der Waals surface area contributed by atoms with Crippen LogP contribution >= 0.6 is 0 Å². The number of rotatable bonds is 7. The monoisotopic (exact) mass is 1020 g/mol. The Morgan fingerprint density at radius 2 is 1.15 bits per heavy atom. The van der Waals surface area contributed by atoms with Gasteiger partial charge in [0.1, 0.15) is 22.8 Å². The molecule has 4 aliphatic rings. The smallest absolute Gasteiger partial charge is 0.337 e. The molecule has 380 valence electrons. The summed E-state index contributed by atoms with van der Waals surface area (Å²) in [7, 11) is 10.2. The van der Waals surface area contributed by atoms with Crippen molar-refractivity contribution in [1.29, 1.82) is 0 Å². The van der Waals surface area contributed by atoms with Gasteiger partial charge in [-0.25, -0.2) is 9.78 Å². The van der Waals surface area contributed by atoms with E-state index >= 15 is 0 Å². The van der Waals surface area contributed by atoms with Crippen LogP contribution in [0.1, 0.15) is 85.7 Å². The summed E-state index contributed by atoms with van der Waals surface area (Å²) in [5.41, 5.74) is 22.1. The Labute approximate surface area is 449 Å². The van der Waals surface area contributed by atoms with Gasteiger partial charge in [-0.2, -0.15) is 0 Å². The number of nitrogens with one attached hydrogen (secondary N) is 5. The van der Waals surface area contributed by atoms with E-state index in [2.05, 4.69) is 175 Å². The summed E-state index contributed by atoms with van der Waals surface area (Å²) in [6, 6.07) is 50.5. The number of carbonyl (C=O) groups excluding carboxylic acids is 2. The highest BCUT2D eigenvalue weighted by atomic mass is 16.5. The van der Waals surface area contributed by atoms with Crippen molar-refractivity contribution in [3.63, 3.8) is 0 Å². The summed E-state index contributed by atoms with van der Waals surface area (Å²) < 4.78 is 8.89. The molecule has 0 unspecified atom stereocenters. The number of H-pyrrole nitrogens is 4. The van der Waals surface area contributed by atoms with Crippen LogP contribution in [0.4, 0.5) is 0 Å². The second kappa shape index (κ2) is 18.9. The Balaban J connectivity index is 0.828. The van der Waals surface area contributed by atoms with Gasteiger partial charge in [0.05, 0.1) is 24.1 Å². The average molecular weight is 1020 g/mol. The van der Waals surface area contributed by atoms with Crippen LogP contribution in [0.5, 0.6) is 0 Å². The number of fused-ring (bicyclic) bond motifs is 16. The summed E-state index contributed by atoms with van der Waals surface area (Å²) in [6.07, 6.45) is 13.1. The van der Waals surface area contributed by atoms with E-state index in [0.717, 1.165) is 135 Å². The predicted octanol–water partition coefficient (Wildman–Crippen LogP) is 12.8. The summed E-state index contributed by atoms with van der Waals surface area (Å²) in [5.74, 6) is -0.585. The van der Waals surface area contributed by atoms with Crippen molar-refractivity contribution in [2.75, 3.05) is 7.11 Å². The molecule has 0 aliphatic carbocycles. The first kappa shape index (κ1) is 47.5. The van der Waals surface area contributed by atoms with E-state index in [1.165, 1.54) is 7.11 Å². The van der Waals surface area contributed by atoms with Gasteiger partial charge in [-0.15, -0.1) is 0 Å². The standard InChI is InChI=1S/C66H53N9O3/c1-66(2)37-51-34-58-55(36-59(73-58)62(41-12-16-44(17-13-41)65(77)78-5)56-27-22-46(70-56)30-45-18-21-50(68-45)35-61(66)72-51)40-8-6-39(7-9-40)38-67-64(76)43-14-10-42(11-15-43)63-57-28-23-49(71-57)33-53-25-24-52(74(53)3)31-47-19-20-48(69-47)32-54-26-29-60(63)75(54)4/h6-36,68-69,71,73H,3-4,37-38H2,1-2,5H3,(H,67,76). The molecule has 9 aromatic rings. The van der Waals surface area contributed by atoms with Crippen LogP contribution in [0.2, 0.25) is 0 Å². The first-order valence-electron chi connectivity index (χ1n) is 25.8. The molecule has 5 N–H and O–H groups in total. The maximum Gasteiger partial charge on any atom is 0.337 e. The van der Waals surface area contributed by atoms with Crippen LogP contribution in [0.3, 0.4) is 0 Å². The number of benzene rings is 3. The molecule has 12 heteroatoms. The average Bonchev–Trinajstić information content (AvgIpc) is 4.34. The number of aromatic amines is 4. The number of hydrogen-bond donors (Lipinski definition) is 5. The zero-order valence-electron chi connectivity index (χ0n) is 43.2. The molecule has 0 atom stereocenters. The van der Waals surface area contributed by atoms with E-state index < -0.39 is 5.97 Å². The lowest BCUT2D eigenvalue weighted by Gasteiger charge is -2.15. The molecule has 0 radical (unpaired) electrons. The van der Waals surface area contributed by atoms with Crippen molar-refractivity contribution >= 4 is 92.5 Å². The van der Waals surface area contributed by atoms with Crippen LogP contribution in [0, 0.1) is 14.1 Å². The lowest BCUT2D eigenvalue weighted by molar-refractivity contribution is -0.613. The third kappa shape index (κ3) is 8.94. The fourth-order valence-electron chi connectivity index (χ4n) is 10.8. The topological polar surface area (TPSA) is 152 Å². The van der Waals surface area contributed by atoms with Gasteiger partial charge in [0.15, 0.2) is 0 Å². The van der Waals surface area contributed by atoms with Crippen molar-refractivity contribution in [3.05, 3.63) is 228 Å². The summed E-state index contributed by atoms with van der Waals surface area (Å²) in [4.78, 5) is 51.1. The van der Waals surface area contributed by atoms with Gasteiger partial charge in [-0.3, -0.25) is 9.78 Å². The molecule has 78 heavy (non-hydrogen) atoms. The summed E-state index contributed by atoms with van der Waals surface area (Å²) >= 11 is 0. The van der Waals surface area contributed by atoms with E-state index in [0.29, 0.717) is 17.7 Å². The predicted molar refractivity (Wildman–Crippen MR) is 311 cm³/mol. The van der Waals surface area contributed by atoms with E-state index in [9.17, 15) is 9.59 Å². The molecule has 0 saturated carbocycles. The quantitative estimate of drug-likeness (QED) is 0.0611. The second-order valence-electron chi connectivity index (χ2n) is 20.7. The van der Waals surface area contributed by atoms with Crippen molar-refractivity contribution in [2.24, 2.45) is 0 Å². The molecule has 3 aromatic carbocycles. The largest absolute Gasteiger partial charge is 0.465 e. The van der Waals surface area contributed by atoms with Crippen molar-refractivity contribution in [1.82, 2.24) is 35.2 Å². The first-order valence-corrected chi connectivity index (χ1v) is 25.8. The molecule has 10 heterocycles. The first-order chi connectivity index (χ1) is 37.9. The van der Waals surface area contributed by atoms with Gasteiger partial charge in [0.25, 0.3) is 5.91 Å². The number of aromatic nitrogens is 8. The molecule has 13 rings (SSSR count). The Morgan fingerprint density at radius 3 is 1.85 bits per heavy atom. The number of carbonyl (C=O) groups is 2. The lowest BCUT2D eigenvalue weighted by Crippen LogP contribution is -2.29. The molecule has 1 amide bonds. The molecule has 0 spiro atoms. The fraction of sp³-hybridized carbons (Fsp3) is 0.0909. The molecule has 16 bridgehead atoms. The maximum atomic E-state index is 13.9. The second-order valence-corrected chi connectivity index (χ2v) is 20.7. The van der Waals surface area contributed by atoms with E-state index in [-0.39, 0.29) is 11.3 Å². The van der Waals surface area contributed by atoms with Crippen molar-refractivity contribution < 1.29 is 23.5 Å². The zero-order chi connectivity index (χ0) is 53.2. The van der Waals surface area contributed by atoms with Gasteiger partial charge in [-0.05, 0) is 138 Å². The van der Waals surface area contributed by atoms with Crippen molar-refractivity contribution in [2.45, 2.75) is 32.2 Å². The lowest BCUT2D eigenvalue weighted by atomic mass is 9.87. The van der Waals surface area contributed by atoms with Crippen molar-refractivity contribution in [3.8, 4) is 33.4 Å². The van der Waals surface area contributed by atoms with Crippen LogP contribution in [0.25, 0.3) is 114 Å². The minimum Gasteiger partial charge on any atom is -0.465 e. The number of nitrogens with zero attached hydrogens (tertiary/aromatic N) is 4. The van der Waals surface area contributed by atoms with Gasteiger partial charge in [-0.1, -0.05) is 86.7 Å². The number of esters is 1. The van der Waals surface area contributed by atoms with E-state index in [4.69, 9.17) is 14.7 Å². The Hall–Kier alpha value is -10.2. The normalized spacial score (nSPS) is 13.2. The highest BCUT2D eigenvalue weighted by Crippen LogP contribution is 2.37. The molecular formula is C66H53N9O3. The minimum absolute atomic E-state index is 0.182. The van der Waals surface area contributed by atoms with Gasteiger partial charge in [0, 0.05) is 110 Å². The van der Waals surface area contributed by atoms with Gasteiger partial charge >= 0.3 is 5.97 Å². The molecule has 0 saturated heterocycles. The van der Waals surface area contributed by atoms with Gasteiger partial charge in [0.2, 0.25) is 0 Å². The Bertz CT molecular complexity index is 4410. The summed E-state index contributed by atoms with van der Waals surface area (Å²) in [5, 5.41) is 3.16. The number of methoxy groups -OCH3 is 1. The SMILES string of the molecule is [CH2-][n+]1c2cc3ccc(cc4[n+]([CH2-])c(c(-c5ccc(C(=O)NCc6ccc(-c7cc8[nH]c7cc7nc(cc9ccc(cc%10nc(c8-c8ccc(C(=O)OC)cc8)C=C%10)[nH]9)C(C)(C)C7)cc6)cc5)c5ccc(cc1C=C2)[nH]5)C=C4)[nH]3. The molecule has 0 fully saturated rings. The van der Waals surface area contributed by atoms with Crippen LogP contribution in [-0.2, 0) is 23.1 Å². The van der Waals surface area contributed by atoms with Crippen LogP contribution in [-0.4, -0.2) is 48.9 Å². The highest BCUT2D eigenvalue weighted by molar-refractivity contribution is 5.98. The Kier molecular flexibility index (Phi) is 11.5. The third-order valence-electron chi connectivity index (χ3n) is 14.9. The van der Waals surface area contributed by atoms with E-state index in [1.54, 1.807) is 12.1 Å². The fourth-order valence-corrected chi connectivity index (χ4v) is 10.8. The molecule has 4 aliphatic heterocycles. The van der Waals surface area contributed by atoms with Crippen LogP contribution < -0.4 is 14.5 Å². The molecule has 6 aromatic heterocycles. The highest BCUT2D eigenvalue weighted by Gasteiger charge is 2.29. The number of amides is 1. The molecule has 12 nitrogen and oxygen atoms in total. The zero-order valence-corrected chi connectivity index (χ0v) is 43.2. The number of ether oxygens (including phenoxy) is 1. The molecular weight excluding hydrogens is 967 g/mol.